The van der Waals surface area contributed by atoms with Gasteiger partial charge >= 0.3 is 0 Å². The van der Waals surface area contributed by atoms with E-state index in [0.29, 0.717) is 0 Å². The zero-order valence-corrected chi connectivity index (χ0v) is 7.06. The Bertz CT molecular complexity index is 257. The molecule has 1 rings (SSSR count). The molecule has 0 atom stereocenters. The molecule has 11 heavy (non-hydrogen) atoms. The van der Waals surface area contributed by atoms with Gasteiger partial charge < -0.3 is 0 Å². The molecule has 60 valence electrons. The summed E-state index contributed by atoms with van der Waals surface area (Å²) in [5.74, 6) is 0.116. The van der Waals surface area contributed by atoms with Crippen LogP contribution in [0.4, 0.5) is 4.39 Å². The molecule has 0 unspecified atom stereocenters. The molecule has 0 saturated heterocycles. The monoisotopic (exact) mass is 174 g/mol. The Balaban J connectivity index is 3.06. The third-order valence-electron chi connectivity index (χ3n) is 1.15. The second kappa shape index (κ2) is 2.74. The summed E-state index contributed by atoms with van der Waals surface area (Å²) < 4.78 is 13.1. The third kappa shape index (κ3) is 2.12. The summed E-state index contributed by atoms with van der Waals surface area (Å²) in [5.41, 5.74) is -1.52. The Labute approximate surface area is 69.4 Å². The minimum atomic E-state index is -1.52. The molecule has 0 aliphatic rings. The van der Waals surface area contributed by atoms with E-state index >= 15 is 0 Å². The molecule has 0 bridgehead atoms. The van der Waals surface area contributed by atoms with Crippen LogP contribution in [0.2, 0.25) is 5.15 Å². The van der Waals surface area contributed by atoms with Crippen LogP contribution in [0, 0.1) is 0 Å². The molecule has 1 aromatic heterocycles. The Hall–Kier alpha value is -0.700. The average Bonchev–Trinajstić information content (AvgIpc) is 1.86. The number of hydrogen-bond acceptors (Lipinski definition) is 2. The highest BCUT2D eigenvalue weighted by Gasteiger charge is 2.22. The molecule has 0 radical (unpaired) electrons. The Kier molecular flexibility index (Phi) is 2.09. The minimum Gasteiger partial charge on any atom is -0.238 e. The average molecular weight is 175 g/mol. The van der Waals surface area contributed by atoms with Gasteiger partial charge in [0.15, 0.2) is 11.5 Å². The molecule has 2 nitrogen and oxygen atoms in total. The van der Waals surface area contributed by atoms with Crippen molar-refractivity contribution in [3.8, 4) is 0 Å². The fourth-order valence-corrected chi connectivity index (χ4v) is 0.760. The van der Waals surface area contributed by atoms with Crippen molar-refractivity contribution < 1.29 is 4.39 Å². The van der Waals surface area contributed by atoms with Crippen molar-refractivity contribution in [3.05, 3.63) is 23.2 Å². The van der Waals surface area contributed by atoms with Crippen molar-refractivity contribution in [1.29, 1.82) is 0 Å². The van der Waals surface area contributed by atoms with Crippen LogP contribution in [-0.2, 0) is 5.67 Å². The molecule has 0 aromatic carbocycles. The van der Waals surface area contributed by atoms with E-state index < -0.39 is 5.67 Å². The van der Waals surface area contributed by atoms with Crippen molar-refractivity contribution in [2.75, 3.05) is 0 Å². The van der Waals surface area contributed by atoms with Gasteiger partial charge in [0, 0.05) is 6.20 Å². The van der Waals surface area contributed by atoms with E-state index in [-0.39, 0.29) is 11.0 Å². The van der Waals surface area contributed by atoms with E-state index in [9.17, 15) is 4.39 Å². The van der Waals surface area contributed by atoms with E-state index in [0.717, 1.165) is 0 Å². The predicted molar refractivity (Wildman–Crippen MR) is 41.2 cm³/mol. The Morgan fingerprint density at radius 1 is 1.55 bits per heavy atom. The van der Waals surface area contributed by atoms with E-state index in [1.807, 2.05) is 0 Å². The SMILES string of the molecule is CC(C)(F)c1nccc(Cl)n1. The third-order valence-corrected chi connectivity index (χ3v) is 1.36. The summed E-state index contributed by atoms with van der Waals surface area (Å²) in [6, 6.07) is 1.51. The normalized spacial score (nSPS) is 11.6. The summed E-state index contributed by atoms with van der Waals surface area (Å²) in [6.45, 7) is 2.78. The van der Waals surface area contributed by atoms with E-state index in [2.05, 4.69) is 9.97 Å². The second-order valence-electron chi connectivity index (χ2n) is 2.68. The lowest BCUT2D eigenvalue weighted by molar-refractivity contribution is 0.206. The summed E-state index contributed by atoms with van der Waals surface area (Å²) >= 11 is 5.53. The molecule has 0 saturated carbocycles. The van der Waals surface area contributed by atoms with Crippen LogP contribution in [0.3, 0.4) is 0 Å². The van der Waals surface area contributed by atoms with Gasteiger partial charge in [-0.25, -0.2) is 14.4 Å². The van der Waals surface area contributed by atoms with Gasteiger partial charge in [0.05, 0.1) is 0 Å². The first-order valence-electron chi connectivity index (χ1n) is 3.18. The predicted octanol–water partition coefficient (Wildman–Crippen LogP) is 2.33. The van der Waals surface area contributed by atoms with Crippen LogP contribution >= 0.6 is 11.6 Å². The van der Waals surface area contributed by atoms with Crippen LogP contribution in [0.5, 0.6) is 0 Å². The van der Waals surface area contributed by atoms with Gasteiger partial charge in [0.2, 0.25) is 0 Å². The van der Waals surface area contributed by atoms with Gasteiger partial charge in [-0.3, -0.25) is 0 Å². The van der Waals surface area contributed by atoms with Gasteiger partial charge in [-0.15, -0.1) is 0 Å². The largest absolute Gasteiger partial charge is 0.238 e. The van der Waals surface area contributed by atoms with Crippen LogP contribution < -0.4 is 0 Å². The maximum atomic E-state index is 13.1. The number of aromatic nitrogens is 2. The Morgan fingerprint density at radius 3 is 2.55 bits per heavy atom. The molecular formula is C7H8ClFN2. The van der Waals surface area contributed by atoms with E-state index in [1.54, 1.807) is 0 Å². The quantitative estimate of drug-likeness (QED) is 0.611. The molecule has 4 heteroatoms. The molecule has 0 aliphatic carbocycles. The molecule has 1 heterocycles. The van der Waals surface area contributed by atoms with Crippen molar-refractivity contribution in [2.24, 2.45) is 0 Å². The Morgan fingerprint density at radius 2 is 2.18 bits per heavy atom. The standard InChI is InChI=1S/C7H8ClFN2/c1-7(2,9)6-10-4-3-5(8)11-6/h3-4H,1-2H3. The first-order valence-corrected chi connectivity index (χ1v) is 3.56. The highest BCUT2D eigenvalue weighted by Crippen LogP contribution is 2.20. The summed E-state index contributed by atoms with van der Waals surface area (Å²) in [6.07, 6.45) is 1.44. The smallest absolute Gasteiger partial charge is 0.166 e. The van der Waals surface area contributed by atoms with Crippen LogP contribution in [0.15, 0.2) is 12.3 Å². The maximum Gasteiger partial charge on any atom is 0.166 e. The fraction of sp³-hybridized carbons (Fsp3) is 0.429. The topological polar surface area (TPSA) is 25.8 Å². The van der Waals surface area contributed by atoms with Crippen molar-refractivity contribution in [1.82, 2.24) is 9.97 Å². The van der Waals surface area contributed by atoms with Crippen molar-refractivity contribution >= 4 is 11.6 Å². The molecule has 1 aromatic rings. The van der Waals surface area contributed by atoms with Crippen molar-refractivity contribution in [3.63, 3.8) is 0 Å². The second-order valence-corrected chi connectivity index (χ2v) is 3.06. The number of alkyl halides is 1. The van der Waals surface area contributed by atoms with Gasteiger partial charge in [0.1, 0.15) is 5.15 Å². The van der Waals surface area contributed by atoms with Gasteiger partial charge in [-0.2, -0.15) is 0 Å². The molecule has 0 aliphatic heterocycles. The van der Waals surface area contributed by atoms with Gasteiger partial charge in [0.25, 0.3) is 0 Å². The lowest BCUT2D eigenvalue weighted by Gasteiger charge is -2.10. The minimum absolute atomic E-state index is 0.116. The number of halogens is 2. The number of rotatable bonds is 1. The van der Waals surface area contributed by atoms with E-state index in [1.165, 1.54) is 26.1 Å². The van der Waals surface area contributed by atoms with Crippen LogP contribution in [0.25, 0.3) is 0 Å². The lowest BCUT2D eigenvalue weighted by atomic mass is 10.1. The highest BCUT2D eigenvalue weighted by atomic mass is 35.5. The molecular weight excluding hydrogens is 167 g/mol. The summed E-state index contributed by atoms with van der Waals surface area (Å²) in [7, 11) is 0. The molecule has 0 spiro atoms. The first-order chi connectivity index (χ1) is 5.00. The molecule has 0 N–H and O–H groups in total. The molecule has 0 amide bonds. The van der Waals surface area contributed by atoms with Gasteiger partial charge in [-0.05, 0) is 19.9 Å². The lowest BCUT2D eigenvalue weighted by Crippen LogP contribution is -2.13. The number of hydrogen-bond donors (Lipinski definition) is 0. The zero-order chi connectivity index (χ0) is 8.48. The van der Waals surface area contributed by atoms with E-state index in [4.69, 9.17) is 11.6 Å². The highest BCUT2D eigenvalue weighted by molar-refractivity contribution is 6.29. The number of nitrogens with zero attached hydrogens (tertiary/aromatic N) is 2. The van der Waals surface area contributed by atoms with Gasteiger partial charge in [-0.1, -0.05) is 11.6 Å². The summed E-state index contributed by atoms with van der Waals surface area (Å²) in [5, 5.41) is 0.265. The van der Waals surface area contributed by atoms with Crippen molar-refractivity contribution in [2.45, 2.75) is 19.5 Å². The molecule has 0 fully saturated rings. The van der Waals surface area contributed by atoms with Crippen LogP contribution in [-0.4, -0.2) is 9.97 Å². The maximum absolute atomic E-state index is 13.1. The zero-order valence-electron chi connectivity index (χ0n) is 6.31. The fourth-order valence-electron chi connectivity index (χ4n) is 0.623. The van der Waals surface area contributed by atoms with Crippen LogP contribution in [0.1, 0.15) is 19.7 Å². The first kappa shape index (κ1) is 8.40. The summed E-state index contributed by atoms with van der Waals surface area (Å²) in [4.78, 5) is 7.46.